The second-order valence-electron chi connectivity index (χ2n) is 6.52. The number of rotatable bonds is 6. The van der Waals surface area contributed by atoms with Crippen molar-refractivity contribution in [3.05, 3.63) is 22.7 Å². The van der Waals surface area contributed by atoms with Crippen LogP contribution in [0.4, 0.5) is 10.2 Å². The fourth-order valence-corrected chi connectivity index (χ4v) is 2.78. The Hall–Kier alpha value is -1.75. The van der Waals surface area contributed by atoms with Gasteiger partial charge in [0.05, 0.1) is 5.88 Å². The molecule has 2 rings (SSSR count). The van der Waals surface area contributed by atoms with Gasteiger partial charge in [0, 0.05) is 6.20 Å². The molecular formula is C15H22ClFN4O5. The highest BCUT2D eigenvalue weighted by molar-refractivity contribution is 6.18. The van der Waals surface area contributed by atoms with E-state index in [1.807, 2.05) is 0 Å². The van der Waals surface area contributed by atoms with Crippen LogP contribution in [0.1, 0.15) is 20.1 Å². The zero-order valence-electron chi connectivity index (χ0n) is 14.3. The predicted molar refractivity (Wildman–Crippen MR) is 91.2 cm³/mol. The molecule has 5 atom stereocenters. The Labute approximate surface area is 154 Å². The first-order valence-electron chi connectivity index (χ1n) is 7.95. The van der Waals surface area contributed by atoms with Gasteiger partial charge in [0.2, 0.25) is 0 Å². The number of nitrogens with zero attached hydrogens (tertiary/aromatic N) is 2. The Kier molecular flexibility index (Phi) is 6.22. The third-order valence-corrected chi connectivity index (χ3v) is 4.72. The van der Waals surface area contributed by atoms with Gasteiger partial charge in [0.15, 0.2) is 12.4 Å². The number of halogens is 2. The Bertz CT molecular complexity index is 718. The van der Waals surface area contributed by atoms with Crippen molar-refractivity contribution in [2.24, 2.45) is 11.7 Å². The van der Waals surface area contributed by atoms with Crippen molar-refractivity contribution < 1.29 is 23.8 Å². The van der Waals surface area contributed by atoms with Gasteiger partial charge in [-0.1, -0.05) is 13.8 Å². The standard InChI is InChI=1S/C15H22ClFN4O5/c1-7(2)10(19)13(23)25-6-15(5-16)11(22)9(17)12(26-15)21-4-3-8(18)20-14(21)24/h3-4,7,9-12,22H,5-6,19H2,1-2H3,(H2,18,20,24)/t9?,10?,11-,12+,15+/m0/s1. The van der Waals surface area contributed by atoms with E-state index in [1.54, 1.807) is 13.8 Å². The first kappa shape index (κ1) is 20.6. The van der Waals surface area contributed by atoms with Crippen LogP contribution in [0.15, 0.2) is 17.1 Å². The third-order valence-electron chi connectivity index (χ3n) is 4.27. The van der Waals surface area contributed by atoms with Crippen molar-refractivity contribution in [2.75, 3.05) is 18.2 Å². The summed E-state index contributed by atoms with van der Waals surface area (Å²) in [6.45, 7) is 2.95. The minimum absolute atomic E-state index is 0.0413. The lowest BCUT2D eigenvalue weighted by Crippen LogP contribution is -2.50. The molecule has 0 aromatic carbocycles. The third kappa shape index (κ3) is 3.83. The number of carbonyl (C=O) groups excluding carboxylic acids is 1. The smallest absolute Gasteiger partial charge is 0.351 e. The Balaban J connectivity index is 2.21. The molecule has 1 fully saturated rings. The van der Waals surface area contributed by atoms with Crippen molar-refractivity contribution in [1.82, 2.24) is 9.55 Å². The number of nitrogen functional groups attached to an aromatic ring is 1. The van der Waals surface area contributed by atoms with E-state index in [9.17, 15) is 19.1 Å². The summed E-state index contributed by atoms with van der Waals surface area (Å²) in [4.78, 5) is 27.3. The quantitative estimate of drug-likeness (QED) is 0.436. The van der Waals surface area contributed by atoms with Gasteiger partial charge in [0.25, 0.3) is 0 Å². The number of ether oxygens (including phenoxy) is 2. The molecule has 2 heterocycles. The first-order valence-corrected chi connectivity index (χ1v) is 8.49. The van der Waals surface area contributed by atoms with Crippen molar-refractivity contribution in [1.29, 1.82) is 0 Å². The summed E-state index contributed by atoms with van der Waals surface area (Å²) in [6, 6.07) is 0.397. The molecule has 1 aliphatic heterocycles. The SMILES string of the molecule is CC(C)C(N)C(=O)OC[C@@]1(CCl)O[C@@H](n2ccc(N)nc2=O)C(F)[C@@H]1O. The van der Waals surface area contributed by atoms with Crippen LogP contribution in [0.3, 0.4) is 0 Å². The summed E-state index contributed by atoms with van der Waals surface area (Å²) in [5.41, 5.74) is 8.51. The number of hydrogen-bond donors (Lipinski definition) is 3. The predicted octanol–water partition coefficient (Wildman–Crippen LogP) is -0.443. The number of aromatic nitrogens is 2. The van der Waals surface area contributed by atoms with E-state index in [1.165, 1.54) is 12.3 Å². The fraction of sp³-hybridized carbons (Fsp3) is 0.667. The molecule has 11 heteroatoms. The highest BCUT2D eigenvalue weighted by Crippen LogP contribution is 2.39. The number of anilines is 1. The van der Waals surface area contributed by atoms with Crippen LogP contribution in [-0.2, 0) is 14.3 Å². The number of hydrogen-bond acceptors (Lipinski definition) is 8. The first-order chi connectivity index (χ1) is 12.1. The van der Waals surface area contributed by atoms with Gasteiger partial charge in [-0.25, -0.2) is 9.18 Å². The molecule has 26 heavy (non-hydrogen) atoms. The molecule has 0 spiro atoms. The molecule has 0 radical (unpaired) electrons. The van der Waals surface area contributed by atoms with Crippen LogP contribution < -0.4 is 17.2 Å². The summed E-state index contributed by atoms with van der Waals surface area (Å²) < 4.78 is 26.1. The van der Waals surface area contributed by atoms with E-state index < -0.39 is 48.4 Å². The largest absolute Gasteiger partial charge is 0.461 e. The summed E-state index contributed by atoms with van der Waals surface area (Å²) in [6.07, 6.45) is -4.05. The molecule has 5 N–H and O–H groups in total. The minimum atomic E-state index is -2.01. The van der Waals surface area contributed by atoms with E-state index in [2.05, 4.69) is 4.98 Å². The Morgan fingerprint density at radius 3 is 2.81 bits per heavy atom. The molecule has 1 aromatic rings. The second kappa shape index (κ2) is 7.87. The van der Waals surface area contributed by atoms with Crippen LogP contribution in [0.5, 0.6) is 0 Å². The van der Waals surface area contributed by atoms with Crippen molar-refractivity contribution in [2.45, 2.75) is 44.0 Å². The number of nitrogens with two attached hydrogens (primary N) is 2. The van der Waals surface area contributed by atoms with Gasteiger partial charge in [-0.2, -0.15) is 4.98 Å². The molecule has 146 valence electrons. The molecule has 0 amide bonds. The Morgan fingerprint density at radius 1 is 1.62 bits per heavy atom. The number of esters is 1. The van der Waals surface area contributed by atoms with E-state index in [0.717, 1.165) is 4.57 Å². The maximum Gasteiger partial charge on any atom is 0.351 e. The summed E-state index contributed by atoms with van der Waals surface area (Å²) in [5.74, 6) is -1.33. The molecule has 1 saturated heterocycles. The molecule has 1 aromatic heterocycles. The molecule has 0 aliphatic carbocycles. The molecule has 0 saturated carbocycles. The molecule has 1 aliphatic rings. The minimum Gasteiger partial charge on any atom is -0.461 e. The number of aliphatic hydroxyl groups is 1. The van der Waals surface area contributed by atoms with E-state index in [4.69, 9.17) is 32.5 Å². The highest BCUT2D eigenvalue weighted by Gasteiger charge is 2.56. The molecule has 9 nitrogen and oxygen atoms in total. The van der Waals surface area contributed by atoms with E-state index in [0.29, 0.717) is 0 Å². The zero-order chi connectivity index (χ0) is 19.6. The molecule has 2 unspecified atom stereocenters. The van der Waals surface area contributed by atoms with Crippen LogP contribution in [0, 0.1) is 5.92 Å². The van der Waals surface area contributed by atoms with Crippen LogP contribution in [0.25, 0.3) is 0 Å². The lowest BCUT2D eigenvalue weighted by molar-refractivity contribution is -0.164. The van der Waals surface area contributed by atoms with Crippen LogP contribution in [-0.4, -0.2) is 57.0 Å². The zero-order valence-corrected chi connectivity index (χ0v) is 15.1. The molecule has 0 bridgehead atoms. The van der Waals surface area contributed by atoms with Gasteiger partial charge in [-0.05, 0) is 12.0 Å². The lowest BCUT2D eigenvalue weighted by Gasteiger charge is -2.29. The van der Waals surface area contributed by atoms with Crippen molar-refractivity contribution >= 4 is 23.4 Å². The Morgan fingerprint density at radius 2 is 2.27 bits per heavy atom. The maximum absolute atomic E-state index is 14.6. The van der Waals surface area contributed by atoms with E-state index >= 15 is 0 Å². The maximum atomic E-state index is 14.6. The van der Waals surface area contributed by atoms with Crippen molar-refractivity contribution in [3.63, 3.8) is 0 Å². The fourth-order valence-electron chi connectivity index (χ4n) is 2.48. The average molecular weight is 393 g/mol. The molecular weight excluding hydrogens is 371 g/mol. The van der Waals surface area contributed by atoms with Gasteiger partial charge >= 0.3 is 11.7 Å². The number of aliphatic hydroxyl groups excluding tert-OH is 1. The van der Waals surface area contributed by atoms with Gasteiger partial charge in [-0.3, -0.25) is 9.36 Å². The van der Waals surface area contributed by atoms with Gasteiger partial charge in [0.1, 0.15) is 30.2 Å². The number of alkyl halides is 2. The lowest BCUT2D eigenvalue weighted by atomic mass is 9.98. The topological polar surface area (TPSA) is 143 Å². The van der Waals surface area contributed by atoms with Gasteiger partial charge < -0.3 is 26.0 Å². The van der Waals surface area contributed by atoms with Crippen LogP contribution in [0.2, 0.25) is 0 Å². The van der Waals surface area contributed by atoms with Crippen LogP contribution >= 0.6 is 11.6 Å². The second-order valence-corrected chi connectivity index (χ2v) is 6.78. The van der Waals surface area contributed by atoms with Gasteiger partial charge in [-0.15, -0.1) is 11.6 Å². The summed E-state index contributed by atoms with van der Waals surface area (Å²) >= 11 is 5.87. The highest BCUT2D eigenvalue weighted by atomic mass is 35.5. The summed E-state index contributed by atoms with van der Waals surface area (Å²) in [5, 5.41) is 10.3. The average Bonchev–Trinajstić information content (AvgIpc) is 2.84. The number of carbonyl (C=O) groups is 1. The van der Waals surface area contributed by atoms with E-state index in [-0.39, 0.29) is 17.6 Å². The summed E-state index contributed by atoms with van der Waals surface area (Å²) in [7, 11) is 0. The van der Waals surface area contributed by atoms with Crippen molar-refractivity contribution in [3.8, 4) is 0 Å². The monoisotopic (exact) mass is 392 g/mol. The normalized spacial score (nSPS) is 29.7.